The van der Waals surface area contributed by atoms with E-state index in [0.717, 1.165) is 5.56 Å². The van der Waals surface area contributed by atoms with Crippen LogP contribution in [0, 0.1) is 0 Å². The molecule has 2 rings (SSSR count). The fourth-order valence-electron chi connectivity index (χ4n) is 1.39. The summed E-state index contributed by atoms with van der Waals surface area (Å²) in [6, 6.07) is 6.27. The molecule has 0 unspecified atom stereocenters. The maximum Gasteiger partial charge on any atom is 0.335 e. The van der Waals surface area contributed by atoms with Crippen LogP contribution in [0.3, 0.4) is 0 Å². The van der Waals surface area contributed by atoms with Gasteiger partial charge in [0.2, 0.25) is 5.28 Å². The van der Waals surface area contributed by atoms with Gasteiger partial charge in [0.25, 0.3) is 0 Å². The van der Waals surface area contributed by atoms with E-state index in [1.807, 2.05) is 0 Å². The van der Waals surface area contributed by atoms with Crippen LogP contribution in [-0.2, 0) is 0 Å². The molecule has 1 heterocycles. The van der Waals surface area contributed by atoms with E-state index < -0.39 is 5.97 Å². The first-order valence-corrected chi connectivity index (χ1v) is 5.07. The molecule has 5 nitrogen and oxygen atoms in total. The molecule has 0 radical (unpaired) electrons. The molecule has 0 bridgehead atoms. The van der Waals surface area contributed by atoms with E-state index in [-0.39, 0.29) is 29.1 Å². The van der Waals surface area contributed by atoms with Gasteiger partial charge in [0.05, 0.1) is 5.56 Å². The van der Waals surface area contributed by atoms with Crippen LogP contribution in [0.4, 0.5) is 5.82 Å². The number of rotatable bonds is 2. The largest absolute Gasteiger partial charge is 0.478 e. The van der Waals surface area contributed by atoms with Gasteiger partial charge in [-0.05, 0) is 29.3 Å². The molecule has 1 aromatic heterocycles. The van der Waals surface area contributed by atoms with Crippen LogP contribution in [0.1, 0.15) is 10.4 Å². The van der Waals surface area contributed by atoms with Gasteiger partial charge >= 0.3 is 5.97 Å². The van der Waals surface area contributed by atoms with Crippen molar-refractivity contribution >= 4 is 35.8 Å². The highest BCUT2D eigenvalue weighted by molar-refractivity contribution is 6.28. The number of carbonyl (C=O) groups is 1. The van der Waals surface area contributed by atoms with Gasteiger partial charge in [-0.1, -0.05) is 12.1 Å². The van der Waals surface area contributed by atoms with Crippen LogP contribution in [-0.4, -0.2) is 21.0 Å². The molecule has 18 heavy (non-hydrogen) atoms. The molecule has 0 aliphatic carbocycles. The summed E-state index contributed by atoms with van der Waals surface area (Å²) in [6.45, 7) is 0. The van der Waals surface area contributed by atoms with Crippen LogP contribution in [0.2, 0.25) is 5.28 Å². The Morgan fingerprint density at radius 2 is 1.89 bits per heavy atom. The number of nitrogens with zero attached hydrogens (tertiary/aromatic N) is 2. The van der Waals surface area contributed by atoms with E-state index in [9.17, 15) is 4.79 Å². The summed E-state index contributed by atoms with van der Waals surface area (Å²) >= 11 is 5.59. The van der Waals surface area contributed by atoms with Crippen molar-refractivity contribution in [3.05, 3.63) is 41.3 Å². The Bertz CT molecular complexity index is 573. The molecule has 7 heteroatoms. The number of nitrogen functional groups attached to an aromatic ring is 1. The Labute approximate surface area is 114 Å². The summed E-state index contributed by atoms with van der Waals surface area (Å²) in [7, 11) is 0. The monoisotopic (exact) mass is 285 g/mol. The summed E-state index contributed by atoms with van der Waals surface area (Å²) in [4.78, 5) is 18.3. The molecule has 0 saturated heterocycles. The van der Waals surface area contributed by atoms with Gasteiger partial charge in [-0.3, -0.25) is 0 Å². The molecule has 0 spiro atoms. The molecule has 0 fully saturated rings. The first kappa shape index (κ1) is 14.2. The first-order chi connectivity index (χ1) is 8.08. The predicted molar refractivity (Wildman–Crippen MR) is 71.1 cm³/mol. The number of halogens is 2. The van der Waals surface area contributed by atoms with E-state index in [1.54, 1.807) is 12.1 Å². The number of carboxylic acids is 1. The lowest BCUT2D eigenvalue weighted by Gasteiger charge is -2.04. The third kappa shape index (κ3) is 2.88. The molecule has 0 atom stereocenters. The maximum atomic E-state index is 10.7. The lowest BCUT2D eigenvalue weighted by molar-refractivity contribution is 0.0697. The Balaban J connectivity index is 0.00000162. The zero-order valence-corrected chi connectivity index (χ0v) is 10.6. The molecule has 0 amide bonds. The van der Waals surface area contributed by atoms with Crippen molar-refractivity contribution in [1.29, 1.82) is 0 Å². The van der Waals surface area contributed by atoms with Gasteiger partial charge in [0.1, 0.15) is 5.82 Å². The van der Waals surface area contributed by atoms with Crippen molar-refractivity contribution in [3.8, 4) is 11.1 Å². The van der Waals surface area contributed by atoms with Gasteiger partial charge < -0.3 is 10.8 Å². The maximum absolute atomic E-state index is 10.7. The fourth-order valence-corrected chi connectivity index (χ4v) is 1.53. The fraction of sp³-hybridized carbons (Fsp3) is 0. The SMILES string of the molecule is Cl.Nc1nc(Cl)ncc1-c1ccc(C(=O)O)cc1. The second-order valence-corrected chi connectivity index (χ2v) is 3.66. The highest BCUT2D eigenvalue weighted by Crippen LogP contribution is 2.24. The Hall–Kier alpha value is -1.85. The number of aromatic carboxylic acids is 1. The van der Waals surface area contributed by atoms with Crippen LogP contribution in [0.25, 0.3) is 11.1 Å². The number of benzene rings is 1. The van der Waals surface area contributed by atoms with Crippen LogP contribution in [0.15, 0.2) is 30.5 Å². The molecule has 0 aliphatic heterocycles. The third-order valence-electron chi connectivity index (χ3n) is 2.23. The van der Waals surface area contributed by atoms with Gasteiger partial charge in [-0.2, -0.15) is 0 Å². The minimum atomic E-state index is -0.975. The topological polar surface area (TPSA) is 89.1 Å². The summed E-state index contributed by atoms with van der Waals surface area (Å²) in [5, 5.41) is 8.85. The molecule has 1 aromatic carbocycles. The van der Waals surface area contributed by atoms with Gasteiger partial charge in [-0.25, -0.2) is 14.8 Å². The van der Waals surface area contributed by atoms with Gasteiger partial charge in [0, 0.05) is 11.8 Å². The van der Waals surface area contributed by atoms with Gasteiger partial charge in [-0.15, -0.1) is 12.4 Å². The van der Waals surface area contributed by atoms with E-state index in [1.165, 1.54) is 18.3 Å². The van der Waals surface area contributed by atoms with Crippen molar-refractivity contribution in [2.24, 2.45) is 0 Å². The quantitative estimate of drug-likeness (QED) is 0.828. The summed E-state index contributed by atoms with van der Waals surface area (Å²) in [6.07, 6.45) is 1.50. The average molecular weight is 286 g/mol. The lowest BCUT2D eigenvalue weighted by Crippen LogP contribution is -1.98. The smallest absolute Gasteiger partial charge is 0.335 e. The first-order valence-electron chi connectivity index (χ1n) is 4.69. The van der Waals surface area contributed by atoms with Crippen molar-refractivity contribution < 1.29 is 9.90 Å². The Morgan fingerprint density at radius 1 is 1.28 bits per heavy atom. The summed E-state index contributed by atoms with van der Waals surface area (Å²) in [5.74, 6) is -0.718. The molecular weight excluding hydrogens is 277 g/mol. The van der Waals surface area contributed by atoms with Crippen LogP contribution >= 0.6 is 24.0 Å². The second kappa shape index (κ2) is 5.66. The third-order valence-corrected chi connectivity index (χ3v) is 2.41. The number of nitrogens with two attached hydrogens (primary N) is 1. The average Bonchev–Trinajstić information content (AvgIpc) is 2.29. The van der Waals surface area contributed by atoms with Gasteiger partial charge in [0.15, 0.2) is 0 Å². The predicted octanol–water partition coefficient (Wildman–Crippen LogP) is 2.50. The Kier molecular flexibility index (Phi) is 4.47. The highest BCUT2D eigenvalue weighted by Gasteiger charge is 2.07. The molecular formula is C11H9Cl2N3O2. The highest BCUT2D eigenvalue weighted by atomic mass is 35.5. The standard InChI is InChI=1S/C11H8ClN3O2.ClH/c12-11-14-5-8(9(13)15-11)6-1-3-7(4-2-6)10(16)17;/h1-5H,(H,16,17)(H2,13,14,15);1H. The van der Waals surface area contributed by atoms with E-state index in [2.05, 4.69) is 9.97 Å². The number of hydrogen-bond donors (Lipinski definition) is 2. The van der Waals surface area contributed by atoms with Crippen LogP contribution < -0.4 is 5.73 Å². The van der Waals surface area contributed by atoms with Crippen molar-refractivity contribution in [2.45, 2.75) is 0 Å². The summed E-state index contributed by atoms with van der Waals surface area (Å²) < 4.78 is 0. The number of hydrogen-bond acceptors (Lipinski definition) is 4. The molecule has 0 aliphatic rings. The second-order valence-electron chi connectivity index (χ2n) is 3.32. The van der Waals surface area contributed by atoms with E-state index in [0.29, 0.717) is 5.56 Å². The van der Waals surface area contributed by atoms with E-state index in [4.69, 9.17) is 22.4 Å². The number of carboxylic acid groups (broad SMARTS) is 1. The van der Waals surface area contributed by atoms with E-state index >= 15 is 0 Å². The zero-order chi connectivity index (χ0) is 12.4. The number of anilines is 1. The van der Waals surface area contributed by atoms with Crippen molar-refractivity contribution in [2.75, 3.05) is 5.73 Å². The molecule has 0 saturated carbocycles. The molecule has 3 N–H and O–H groups in total. The van der Waals surface area contributed by atoms with Crippen molar-refractivity contribution in [1.82, 2.24) is 9.97 Å². The molecule has 2 aromatic rings. The number of aromatic nitrogens is 2. The zero-order valence-electron chi connectivity index (χ0n) is 9.00. The van der Waals surface area contributed by atoms with Crippen molar-refractivity contribution in [3.63, 3.8) is 0 Å². The Morgan fingerprint density at radius 3 is 2.39 bits per heavy atom. The molecule has 94 valence electrons. The normalized spacial score (nSPS) is 9.61. The minimum absolute atomic E-state index is 0. The summed E-state index contributed by atoms with van der Waals surface area (Å²) in [5.41, 5.74) is 7.27. The lowest BCUT2D eigenvalue weighted by atomic mass is 10.1. The minimum Gasteiger partial charge on any atom is -0.478 e. The van der Waals surface area contributed by atoms with Crippen LogP contribution in [0.5, 0.6) is 0 Å².